The molecular formula is C16H17FO2. The summed E-state index contributed by atoms with van der Waals surface area (Å²) < 4.78 is 18.3. The van der Waals surface area contributed by atoms with Crippen molar-refractivity contribution in [1.82, 2.24) is 0 Å². The summed E-state index contributed by atoms with van der Waals surface area (Å²) in [5.41, 5.74) is 1.95. The monoisotopic (exact) mass is 260 g/mol. The van der Waals surface area contributed by atoms with Crippen LogP contribution in [0.1, 0.15) is 17.5 Å². The third kappa shape index (κ3) is 4.38. The number of aryl methyl sites for hydroxylation is 1. The maximum absolute atomic E-state index is 12.7. The number of benzene rings is 2. The van der Waals surface area contributed by atoms with Crippen molar-refractivity contribution in [3.63, 3.8) is 0 Å². The van der Waals surface area contributed by atoms with E-state index in [2.05, 4.69) is 0 Å². The Bertz CT molecular complexity index is 508. The summed E-state index contributed by atoms with van der Waals surface area (Å²) >= 11 is 0. The van der Waals surface area contributed by atoms with Crippen LogP contribution in [0.5, 0.6) is 5.75 Å². The number of hydrogen-bond donors (Lipinski definition) is 1. The average molecular weight is 260 g/mol. The highest BCUT2D eigenvalue weighted by Crippen LogP contribution is 2.14. The van der Waals surface area contributed by atoms with Crippen molar-refractivity contribution in [3.8, 4) is 5.75 Å². The number of rotatable bonds is 6. The van der Waals surface area contributed by atoms with Gasteiger partial charge in [-0.15, -0.1) is 0 Å². The molecule has 0 aliphatic rings. The molecule has 0 fully saturated rings. The lowest BCUT2D eigenvalue weighted by molar-refractivity contribution is 0.278. The predicted molar refractivity (Wildman–Crippen MR) is 72.6 cm³/mol. The van der Waals surface area contributed by atoms with E-state index in [9.17, 15) is 4.39 Å². The molecule has 100 valence electrons. The first-order chi connectivity index (χ1) is 9.28. The number of aliphatic hydroxyl groups excluding tert-OH is 1. The first-order valence-electron chi connectivity index (χ1n) is 6.35. The van der Waals surface area contributed by atoms with Crippen molar-refractivity contribution in [2.45, 2.75) is 19.4 Å². The van der Waals surface area contributed by atoms with Crippen molar-refractivity contribution < 1.29 is 14.2 Å². The molecule has 2 rings (SSSR count). The summed E-state index contributed by atoms with van der Waals surface area (Å²) in [4.78, 5) is 0. The molecule has 2 aromatic rings. The second kappa shape index (κ2) is 6.90. The Kier molecular flexibility index (Phi) is 4.93. The standard InChI is InChI=1S/C16H17FO2/c17-15-8-6-13(7-9-15)4-2-10-19-16-5-1-3-14(11-16)12-18/h1,3,5-9,11,18H,2,4,10,12H2. The largest absolute Gasteiger partial charge is 0.494 e. The van der Waals surface area contributed by atoms with E-state index >= 15 is 0 Å². The predicted octanol–water partition coefficient (Wildman–Crippen LogP) is 3.33. The van der Waals surface area contributed by atoms with Gasteiger partial charge >= 0.3 is 0 Å². The van der Waals surface area contributed by atoms with Crippen LogP contribution in [0.2, 0.25) is 0 Å². The van der Waals surface area contributed by atoms with E-state index in [1.54, 1.807) is 12.1 Å². The molecule has 0 atom stereocenters. The summed E-state index contributed by atoms with van der Waals surface area (Å²) in [5, 5.41) is 9.02. The maximum Gasteiger partial charge on any atom is 0.123 e. The minimum atomic E-state index is -0.208. The number of halogens is 1. The zero-order valence-electron chi connectivity index (χ0n) is 10.7. The molecule has 0 radical (unpaired) electrons. The minimum Gasteiger partial charge on any atom is -0.494 e. The molecule has 0 aromatic heterocycles. The van der Waals surface area contributed by atoms with Crippen molar-refractivity contribution in [2.75, 3.05) is 6.61 Å². The van der Waals surface area contributed by atoms with Crippen LogP contribution in [-0.2, 0) is 13.0 Å². The Morgan fingerprint density at radius 3 is 2.53 bits per heavy atom. The summed E-state index contributed by atoms with van der Waals surface area (Å²) in [6, 6.07) is 14.0. The van der Waals surface area contributed by atoms with Crippen LogP contribution in [0.15, 0.2) is 48.5 Å². The third-order valence-electron chi connectivity index (χ3n) is 2.87. The van der Waals surface area contributed by atoms with Crippen molar-refractivity contribution in [1.29, 1.82) is 0 Å². The second-order valence-corrected chi connectivity index (χ2v) is 4.38. The molecule has 0 saturated heterocycles. The Hall–Kier alpha value is -1.87. The molecule has 0 saturated carbocycles. The Balaban J connectivity index is 1.75. The molecule has 0 unspecified atom stereocenters. The van der Waals surface area contributed by atoms with Gasteiger partial charge in [0.1, 0.15) is 11.6 Å². The van der Waals surface area contributed by atoms with E-state index in [4.69, 9.17) is 9.84 Å². The van der Waals surface area contributed by atoms with Crippen molar-refractivity contribution in [2.24, 2.45) is 0 Å². The summed E-state index contributed by atoms with van der Waals surface area (Å²) in [6.45, 7) is 0.624. The van der Waals surface area contributed by atoms with Crippen LogP contribution in [0.25, 0.3) is 0 Å². The Labute approximate surface area is 112 Å². The van der Waals surface area contributed by atoms with Gasteiger partial charge in [0.15, 0.2) is 0 Å². The van der Waals surface area contributed by atoms with Gasteiger partial charge < -0.3 is 9.84 Å². The Morgan fingerprint density at radius 1 is 1.00 bits per heavy atom. The number of ether oxygens (including phenoxy) is 1. The van der Waals surface area contributed by atoms with Crippen LogP contribution in [0, 0.1) is 5.82 Å². The molecule has 19 heavy (non-hydrogen) atoms. The molecule has 0 aliphatic heterocycles. The number of aliphatic hydroxyl groups is 1. The SMILES string of the molecule is OCc1cccc(OCCCc2ccc(F)cc2)c1. The fourth-order valence-corrected chi connectivity index (χ4v) is 1.85. The lowest BCUT2D eigenvalue weighted by atomic mass is 10.1. The quantitative estimate of drug-likeness (QED) is 0.807. The fraction of sp³-hybridized carbons (Fsp3) is 0.250. The van der Waals surface area contributed by atoms with Crippen LogP contribution >= 0.6 is 0 Å². The van der Waals surface area contributed by atoms with Gasteiger partial charge in [0.2, 0.25) is 0 Å². The molecule has 0 aliphatic carbocycles. The van der Waals surface area contributed by atoms with E-state index in [1.807, 2.05) is 24.3 Å². The number of hydrogen-bond acceptors (Lipinski definition) is 2. The molecule has 2 aromatic carbocycles. The van der Waals surface area contributed by atoms with Crippen molar-refractivity contribution >= 4 is 0 Å². The first-order valence-corrected chi connectivity index (χ1v) is 6.35. The van der Waals surface area contributed by atoms with E-state index < -0.39 is 0 Å². The smallest absolute Gasteiger partial charge is 0.123 e. The van der Waals surface area contributed by atoms with E-state index in [0.29, 0.717) is 6.61 Å². The van der Waals surface area contributed by atoms with E-state index in [-0.39, 0.29) is 12.4 Å². The second-order valence-electron chi connectivity index (χ2n) is 4.38. The molecule has 1 N–H and O–H groups in total. The van der Waals surface area contributed by atoms with Gasteiger partial charge in [0, 0.05) is 0 Å². The highest BCUT2D eigenvalue weighted by atomic mass is 19.1. The van der Waals surface area contributed by atoms with Gasteiger partial charge in [-0.25, -0.2) is 4.39 Å². The van der Waals surface area contributed by atoms with Gasteiger partial charge in [-0.2, -0.15) is 0 Å². The molecule has 3 heteroatoms. The Morgan fingerprint density at radius 2 is 1.79 bits per heavy atom. The van der Waals surface area contributed by atoms with Crippen molar-refractivity contribution in [3.05, 3.63) is 65.5 Å². The summed E-state index contributed by atoms with van der Waals surface area (Å²) in [6.07, 6.45) is 1.73. The maximum atomic E-state index is 12.7. The molecule has 0 amide bonds. The van der Waals surface area contributed by atoms with E-state index in [1.165, 1.54) is 12.1 Å². The normalized spacial score (nSPS) is 10.4. The van der Waals surface area contributed by atoms with E-state index in [0.717, 1.165) is 29.7 Å². The fourth-order valence-electron chi connectivity index (χ4n) is 1.85. The first kappa shape index (κ1) is 13.6. The van der Waals surface area contributed by atoms with Crippen LogP contribution in [0.4, 0.5) is 4.39 Å². The van der Waals surface area contributed by atoms with Gasteiger partial charge in [0.25, 0.3) is 0 Å². The summed E-state index contributed by atoms with van der Waals surface area (Å²) in [7, 11) is 0. The third-order valence-corrected chi connectivity index (χ3v) is 2.87. The zero-order chi connectivity index (χ0) is 13.5. The molecule has 0 spiro atoms. The van der Waals surface area contributed by atoms with Gasteiger partial charge in [0.05, 0.1) is 13.2 Å². The molecule has 0 heterocycles. The molecule has 2 nitrogen and oxygen atoms in total. The highest BCUT2D eigenvalue weighted by molar-refractivity contribution is 5.28. The molecular weight excluding hydrogens is 243 g/mol. The molecule has 0 bridgehead atoms. The van der Waals surface area contributed by atoms with Crippen LogP contribution in [-0.4, -0.2) is 11.7 Å². The van der Waals surface area contributed by atoms with Crippen LogP contribution < -0.4 is 4.74 Å². The lowest BCUT2D eigenvalue weighted by Crippen LogP contribution is -2.00. The topological polar surface area (TPSA) is 29.5 Å². The van der Waals surface area contributed by atoms with Gasteiger partial charge in [-0.1, -0.05) is 24.3 Å². The lowest BCUT2D eigenvalue weighted by Gasteiger charge is -2.07. The summed E-state index contributed by atoms with van der Waals surface area (Å²) in [5.74, 6) is 0.562. The van der Waals surface area contributed by atoms with Gasteiger partial charge in [-0.3, -0.25) is 0 Å². The highest BCUT2D eigenvalue weighted by Gasteiger charge is 1.98. The van der Waals surface area contributed by atoms with Crippen LogP contribution in [0.3, 0.4) is 0 Å². The minimum absolute atomic E-state index is 0.0206. The average Bonchev–Trinajstić information content (AvgIpc) is 2.46. The zero-order valence-corrected chi connectivity index (χ0v) is 10.7. The van der Waals surface area contributed by atoms with Gasteiger partial charge in [-0.05, 0) is 48.2 Å².